The fourth-order valence-corrected chi connectivity index (χ4v) is 1.59. The van der Waals surface area contributed by atoms with Crippen molar-refractivity contribution in [3.05, 3.63) is 21.9 Å². The minimum absolute atomic E-state index is 0.224. The van der Waals surface area contributed by atoms with Crippen LogP contribution in [-0.4, -0.2) is 28.7 Å². The molecule has 1 N–H and O–H groups in total. The zero-order chi connectivity index (χ0) is 13.5. The highest BCUT2D eigenvalue weighted by molar-refractivity contribution is 5.71. The molecule has 0 aliphatic rings. The summed E-state index contributed by atoms with van der Waals surface area (Å²) < 4.78 is 4.49. The normalized spacial score (nSPS) is 15.2. The Morgan fingerprint density at radius 1 is 1.53 bits per heavy atom. The van der Waals surface area contributed by atoms with Crippen LogP contribution in [0, 0.1) is 10.1 Å². The Hall–Kier alpha value is -1.43. The van der Waals surface area contributed by atoms with Gasteiger partial charge in [-0.05, 0) is 12.8 Å². The first-order valence-corrected chi connectivity index (χ1v) is 5.53. The molecular weight excluding hydrogens is 226 g/mol. The predicted molar refractivity (Wildman–Crippen MR) is 61.9 cm³/mol. The highest BCUT2D eigenvalue weighted by Gasteiger charge is 2.34. The molecule has 0 radical (unpaired) electrons. The van der Waals surface area contributed by atoms with Gasteiger partial charge < -0.3 is 9.84 Å². The minimum atomic E-state index is -1.49. The highest BCUT2D eigenvalue weighted by Crippen LogP contribution is 2.29. The molecule has 0 bridgehead atoms. The summed E-state index contributed by atoms with van der Waals surface area (Å²) in [5.74, 6) is -0.584. The molecule has 0 saturated carbocycles. The first kappa shape index (κ1) is 15.6. The van der Waals surface area contributed by atoms with Gasteiger partial charge in [-0.25, -0.2) is 0 Å². The van der Waals surface area contributed by atoms with Crippen LogP contribution in [-0.2, 0) is 9.53 Å². The molecule has 0 spiro atoms. The van der Waals surface area contributed by atoms with E-state index >= 15 is 0 Å². The van der Waals surface area contributed by atoms with E-state index in [-0.39, 0.29) is 18.4 Å². The van der Waals surface area contributed by atoms with Crippen molar-refractivity contribution in [3.8, 4) is 0 Å². The first-order valence-electron chi connectivity index (χ1n) is 5.53. The monoisotopic (exact) mass is 245 g/mol. The number of esters is 1. The Morgan fingerprint density at radius 3 is 2.47 bits per heavy atom. The molecule has 1 unspecified atom stereocenters. The van der Waals surface area contributed by atoms with Gasteiger partial charge in [0.15, 0.2) is 0 Å². The molecule has 0 aromatic heterocycles. The Balaban J connectivity index is 5.11. The van der Waals surface area contributed by atoms with Crippen LogP contribution in [0.5, 0.6) is 0 Å². The lowest BCUT2D eigenvalue weighted by Crippen LogP contribution is -2.34. The number of carbonyl (C=O) groups is 1. The largest absolute Gasteiger partial charge is 0.469 e. The summed E-state index contributed by atoms with van der Waals surface area (Å²) in [6.07, 6.45) is 1.78. The van der Waals surface area contributed by atoms with E-state index in [1.165, 1.54) is 7.11 Å². The van der Waals surface area contributed by atoms with E-state index in [1.807, 2.05) is 6.92 Å². The Labute approximate surface area is 100 Å². The molecule has 0 rings (SSSR count). The van der Waals surface area contributed by atoms with Crippen LogP contribution in [0.15, 0.2) is 11.8 Å². The molecule has 0 saturated heterocycles. The molecule has 6 heteroatoms. The third kappa shape index (κ3) is 4.95. The number of carbonyl (C=O) groups excluding carboxylic acids is 1. The maximum absolute atomic E-state index is 11.2. The number of methoxy groups -OCH3 is 1. The molecule has 0 fully saturated rings. The van der Waals surface area contributed by atoms with E-state index in [4.69, 9.17) is 0 Å². The summed E-state index contributed by atoms with van der Waals surface area (Å²) in [6, 6.07) is 0. The number of hydrogen-bond acceptors (Lipinski definition) is 5. The third-order valence-electron chi connectivity index (χ3n) is 2.63. The van der Waals surface area contributed by atoms with Gasteiger partial charge in [-0.3, -0.25) is 14.9 Å². The summed E-state index contributed by atoms with van der Waals surface area (Å²) in [4.78, 5) is 21.1. The van der Waals surface area contributed by atoms with Crippen LogP contribution < -0.4 is 0 Å². The summed E-state index contributed by atoms with van der Waals surface area (Å²) in [6.45, 7) is 3.52. The second-order valence-corrected chi connectivity index (χ2v) is 3.83. The zero-order valence-corrected chi connectivity index (χ0v) is 10.4. The topological polar surface area (TPSA) is 89.7 Å². The number of nitro groups is 1. The van der Waals surface area contributed by atoms with Crippen molar-refractivity contribution in [3.63, 3.8) is 0 Å². The lowest BCUT2D eigenvalue weighted by molar-refractivity contribution is -0.404. The lowest BCUT2D eigenvalue weighted by atomic mass is 9.85. The van der Waals surface area contributed by atoms with Gasteiger partial charge in [-0.2, -0.15) is 0 Å². The van der Waals surface area contributed by atoms with Crippen LogP contribution in [0.25, 0.3) is 0 Å². The second kappa shape index (κ2) is 7.01. The van der Waals surface area contributed by atoms with Crippen LogP contribution in [0.2, 0.25) is 0 Å². The van der Waals surface area contributed by atoms with Crippen LogP contribution in [0.4, 0.5) is 0 Å². The molecule has 6 nitrogen and oxygen atoms in total. The fraction of sp³-hybridized carbons (Fsp3) is 0.727. The maximum Gasteiger partial charge on any atom is 0.308 e. The second-order valence-electron chi connectivity index (χ2n) is 3.83. The number of ether oxygens (including phenoxy) is 1. The van der Waals surface area contributed by atoms with Gasteiger partial charge in [0.25, 0.3) is 0 Å². The summed E-state index contributed by atoms with van der Waals surface area (Å²) in [5.41, 5.74) is -1.23. The number of nitrogens with zero attached hydrogens (tertiary/aromatic N) is 1. The summed E-state index contributed by atoms with van der Waals surface area (Å²) >= 11 is 0. The third-order valence-corrected chi connectivity index (χ3v) is 2.63. The van der Waals surface area contributed by atoms with Crippen molar-refractivity contribution in [1.29, 1.82) is 0 Å². The SMILES string of the molecule is CCC/C(=C\[N+](=O)[O-])C(O)(CC)CC(=O)OC. The van der Waals surface area contributed by atoms with Crippen molar-refractivity contribution < 1.29 is 19.6 Å². The molecule has 0 amide bonds. The van der Waals surface area contributed by atoms with E-state index in [0.717, 1.165) is 6.20 Å². The van der Waals surface area contributed by atoms with Crippen molar-refractivity contribution in [2.45, 2.75) is 45.1 Å². The van der Waals surface area contributed by atoms with E-state index < -0.39 is 16.5 Å². The van der Waals surface area contributed by atoms with Gasteiger partial charge in [0.1, 0.15) is 5.60 Å². The van der Waals surface area contributed by atoms with Crippen molar-refractivity contribution in [2.24, 2.45) is 0 Å². The van der Waals surface area contributed by atoms with Gasteiger partial charge in [0, 0.05) is 5.57 Å². The maximum atomic E-state index is 11.2. The average molecular weight is 245 g/mol. The molecule has 0 heterocycles. The molecule has 1 atom stereocenters. The quantitative estimate of drug-likeness (QED) is 0.418. The molecule has 0 aromatic rings. The standard InChI is InChI=1S/C11H19NO5/c1-4-6-9(8-12(15)16)11(14,5-2)7-10(13)17-3/h8,14H,4-7H2,1-3H3/b9-8+. The number of hydrogen-bond donors (Lipinski definition) is 1. The van der Waals surface area contributed by atoms with E-state index in [2.05, 4.69) is 4.74 Å². The van der Waals surface area contributed by atoms with Gasteiger partial charge in [0.05, 0.1) is 18.5 Å². The van der Waals surface area contributed by atoms with Crippen LogP contribution >= 0.6 is 0 Å². The van der Waals surface area contributed by atoms with Crippen LogP contribution in [0.1, 0.15) is 39.5 Å². The van der Waals surface area contributed by atoms with Gasteiger partial charge >= 0.3 is 5.97 Å². The van der Waals surface area contributed by atoms with Crippen molar-refractivity contribution in [1.82, 2.24) is 0 Å². The van der Waals surface area contributed by atoms with E-state index in [9.17, 15) is 20.0 Å². The van der Waals surface area contributed by atoms with Gasteiger partial charge in [0.2, 0.25) is 6.20 Å². The summed E-state index contributed by atoms with van der Waals surface area (Å²) in [7, 11) is 1.22. The van der Waals surface area contributed by atoms with E-state index in [1.54, 1.807) is 6.92 Å². The van der Waals surface area contributed by atoms with Gasteiger partial charge in [-0.15, -0.1) is 0 Å². The fourth-order valence-electron chi connectivity index (χ4n) is 1.59. The molecule has 0 aromatic carbocycles. The van der Waals surface area contributed by atoms with Gasteiger partial charge in [-0.1, -0.05) is 20.3 Å². The summed E-state index contributed by atoms with van der Waals surface area (Å²) in [5, 5.41) is 20.8. The Morgan fingerprint density at radius 2 is 2.12 bits per heavy atom. The Kier molecular flexibility index (Phi) is 6.42. The minimum Gasteiger partial charge on any atom is -0.469 e. The van der Waals surface area contributed by atoms with Crippen molar-refractivity contribution >= 4 is 5.97 Å². The molecule has 98 valence electrons. The van der Waals surface area contributed by atoms with E-state index in [0.29, 0.717) is 12.8 Å². The molecule has 17 heavy (non-hydrogen) atoms. The first-order chi connectivity index (χ1) is 7.89. The Bertz CT molecular complexity index is 313. The lowest BCUT2D eigenvalue weighted by Gasteiger charge is -2.27. The van der Waals surface area contributed by atoms with Crippen LogP contribution in [0.3, 0.4) is 0 Å². The number of aliphatic hydroxyl groups is 1. The smallest absolute Gasteiger partial charge is 0.308 e. The zero-order valence-electron chi connectivity index (χ0n) is 10.4. The molecule has 0 aliphatic carbocycles. The molecular formula is C11H19NO5. The number of rotatable bonds is 7. The predicted octanol–water partition coefficient (Wildman–Crippen LogP) is 1.65. The highest BCUT2D eigenvalue weighted by atomic mass is 16.6. The molecule has 0 aliphatic heterocycles. The van der Waals surface area contributed by atoms with Crippen molar-refractivity contribution in [2.75, 3.05) is 7.11 Å². The average Bonchev–Trinajstić information content (AvgIpc) is 2.27.